The summed E-state index contributed by atoms with van der Waals surface area (Å²) < 4.78 is 0. The summed E-state index contributed by atoms with van der Waals surface area (Å²) in [7, 11) is 0. The summed E-state index contributed by atoms with van der Waals surface area (Å²) in [6, 6.07) is 2.97. The average Bonchev–Trinajstić information content (AvgIpc) is 2.82. The number of carbonyl (C=O) groups is 2. The molecule has 0 aromatic carbocycles. The molecule has 116 valence electrons. The van der Waals surface area contributed by atoms with Crippen molar-refractivity contribution >= 4 is 23.6 Å². The fraction of sp³-hybridized carbons (Fsp3) is 0.400. The van der Waals surface area contributed by atoms with Crippen molar-refractivity contribution in [2.24, 2.45) is 5.92 Å². The van der Waals surface area contributed by atoms with Crippen molar-refractivity contribution < 1.29 is 49.4 Å². The first-order valence-electron chi connectivity index (χ1n) is 7.07. The summed E-state index contributed by atoms with van der Waals surface area (Å²) in [6.45, 7) is 1.93. The van der Waals surface area contributed by atoms with Gasteiger partial charge in [0, 0.05) is 29.0 Å². The van der Waals surface area contributed by atoms with Crippen molar-refractivity contribution in [1.82, 2.24) is 9.88 Å². The van der Waals surface area contributed by atoms with Crippen molar-refractivity contribution in [2.45, 2.75) is 31.6 Å². The summed E-state index contributed by atoms with van der Waals surface area (Å²) in [5.74, 6) is -1.12. The molecule has 1 aromatic heterocycles. The number of thioether (sulfide) groups is 1. The maximum absolute atomic E-state index is 12.0. The molecule has 1 amide bonds. The van der Waals surface area contributed by atoms with Gasteiger partial charge in [-0.2, -0.15) is 0 Å². The summed E-state index contributed by atoms with van der Waals surface area (Å²) in [5.41, 5.74) is 0.477. The zero-order valence-corrected chi connectivity index (χ0v) is 15.8. The first-order chi connectivity index (χ1) is 10.5. The van der Waals surface area contributed by atoms with Gasteiger partial charge < -0.3 is 15.1 Å². The summed E-state index contributed by atoms with van der Waals surface area (Å²) >= 11 is 1.29. The minimum Gasteiger partial charge on any atom is -0.871 e. The third kappa shape index (κ3) is 3.15. The van der Waals surface area contributed by atoms with Gasteiger partial charge in [-0.05, 0) is 12.5 Å². The molecule has 0 radical (unpaired) electrons. The Morgan fingerprint density at radius 3 is 2.91 bits per heavy atom. The van der Waals surface area contributed by atoms with Gasteiger partial charge in [0.25, 0.3) is 0 Å². The zero-order valence-electron chi connectivity index (χ0n) is 13.0. The minimum atomic E-state index is -1.09. The Balaban J connectivity index is 0.00000192. The van der Waals surface area contributed by atoms with Crippen molar-refractivity contribution in [2.75, 3.05) is 0 Å². The van der Waals surface area contributed by atoms with Crippen LogP contribution in [0.15, 0.2) is 28.9 Å². The number of carboxylic acids is 1. The van der Waals surface area contributed by atoms with Gasteiger partial charge >= 0.3 is 35.5 Å². The average molecular weight is 342 g/mol. The number of rotatable bonds is 5. The van der Waals surface area contributed by atoms with Crippen LogP contribution in [-0.2, 0) is 15.3 Å². The molecule has 6 nitrogen and oxygen atoms in total. The molecule has 0 spiro atoms. The second-order valence-electron chi connectivity index (χ2n) is 5.31. The van der Waals surface area contributed by atoms with E-state index < -0.39 is 5.97 Å². The van der Waals surface area contributed by atoms with E-state index in [1.54, 1.807) is 12.3 Å². The van der Waals surface area contributed by atoms with E-state index in [0.717, 1.165) is 6.42 Å². The molecule has 3 rings (SSSR count). The fourth-order valence-corrected chi connectivity index (χ4v) is 4.16. The SMILES string of the molecule is CC[C@H]1C(=O)N2C(C(=O)O)=C(SCc3ncccc3[O-])C[C@H]12.[Na+]. The predicted octanol–water partition coefficient (Wildman–Crippen LogP) is -1.67. The van der Waals surface area contributed by atoms with E-state index in [-0.39, 0.29) is 58.9 Å². The van der Waals surface area contributed by atoms with Crippen LogP contribution in [0, 0.1) is 5.92 Å². The van der Waals surface area contributed by atoms with E-state index >= 15 is 0 Å². The molecule has 2 aliphatic heterocycles. The van der Waals surface area contributed by atoms with Gasteiger partial charge in [0.05, 0.1) is 12.0 Å². The van der Waals surface area contributed by atoms with E-state index in [9.17, 15) is 19.8 Å². The Bertz CT molecular complexity index is 679. The second-order valence-corrected chi connectivity index (χ2v) is 6.38. The van der Waals surface area contributed by atoms with Crippen LogP contribution in [-0.4, -0.2) is 32.9 Å². The number of carboxylic acid groups (broad SMARTS) is 1. The van der Waals surface area contributed by atoms with Crippen LogP contribution in [0.25, 0.3) is 0 Å². The van der Waals surface area contributed by atoms with Crippen LogP contribution in [0.3, 0.4) is 0 Å². The molecular weight excluding hydrogens is 327 g/mol. The normalized spacial score (nSPS) is 22.5. The van der Waals surface area contributed by atoms with Gasteiger partial charge in [0.1, 0.15) is 5.70 Å². The molecule has 0 unspecified atom stereocenters. The van der Waals surface area contributed by atoms with Gasteiger partial charge in [-0.15, -0.1) is 11.8 Å². The van der Waals surface area contributed by atoms with Gasteiger partial charge in [-0.1, -0.05) is 18.7 Å². The van der Waals surface area contributed by atoms with Crippen LogP contribution in [0.2, 0.25) is 0 Å². The van der Waals surface area contributed by atoms with E-state index in [1.807, 2.05) is 6.92 Å². The van der Waals surface area contributed by atoms with Gasteiger partial charge in [-0.3, -0.25) is 9.78 Å². The monoisotopic (exact) mass is 342 g/mol. The van der Waals surface area contributed by atoms with E-state index in [0.29, 0.717) is 22.8 Å². The molecule has 0 aliphatic carbocycles. The zero-order chi connectivity index (χ0) is 15.9. The number of nitrogens with zero attached hydrogens (tertiary/aromatic N) is 2. The van der Waals surface area contributed by atoms with Crippen LogP contribution in [0.5, 0.6) is 5.75 Å². The first kappa shape index (κ1) is 18.3. The molecule has 0 bridgehead atoms. The molecule has 1 N–H and O–H groups in total. The minimum absolute atomic E-state index is 0. The van der Waals surface area contributed by atoms with Gasteiger partial charge in [0.15, 0.2) is 0 Å². The largest absolute Gasteiger partial charge is 1.00 e. The van der Waals surface area contributed by atoms with Crippen molar-refractivity contribution in [3.05, 3.63) is 34.6 Å². The van der Waals surface area contributed by atoms with E-state index in [1.165, 1.54) is 22.7 Å². The number of hydrogen-bond acceptors (Lipinski definition) is 5. The molecule has 23 heavy (non-hydrogen) atoms. The summed E-state index contributed by atoms with van der Waals surface area (Å²) in [5, 5.41) is 21.0. The summed E-state index contributed by atoms with van der Waals surface area (Å²) in [6.07, 6.45) is 2.82. The third-order valence-electron chi connectivity index (χ3n) is 4.12. The number of carbonyl (C=O) groups excluding carboxylic acids is 1. The second kappa shape index (κ2) is 7.25. The van der Waals surface area contributed by atoms with Crippen LogP contribution >= 0.6 is 11.8 Å². The molecule has 3 heterocycles. The molecule has 8 heteroatoms. The molecule has 0 saturated carbocycles. The molecular formula is C15H15N2NaO4S. The van der Waals surface area contributed by atoms with Crippen molar-refractivity contribution in [3.8, 4) is 5.75 Å². The maximum atomic E-state index is 12.0. The summed E-state index contributed by atoms with van der Waals surface area (Å²) in [4.78, 5) is 29.6. The Labute approximate surface area is 160 Å². The predicted molar refractivity (Wildman–Crippen MR) is 78.7 cm³/mol. The Hall–Kier alpha value is -1.02. The third-order valence-corrected chi connectivity index (χ3v) is 5.25. The Kier molecular flexibility index (Phi) is 5.78. The number of fused-ring (bicyclic) bond motifs is 1. The standard InChI is InChI=1S/C15H16N2O4S.Na/c1-2-8-10-6-12(13(15(20)21)17(10)14(8)19)22-7-9-11(18)4-3-5-16-9;/h3-5,8,10,18H,2,6-7H2,1H3,(H,20,21);/q;+1/p-1/t8-,10-;/m1./s1. The van der Waals surface area contributed by atoms with Crippen LogP contribution in [0.4, 0.5) is 0 Å². The van der Waals surface area contributed by atoms with Gasteiger partial charge in [-0.25, -0.2) is 4.79 Å². The number of aromatic nitrogens is 1. The van der Waals surface area contributed by atoms with E-state index in [2.05, 4.69) is 4.98 Å². The maximum Gasteiger partial charge on any atom is 1.00 e. The number of hydrogen-bond donors (Lipinski definition) is 1. The van der Waals surface area contributed by atoms with E-state index in [4.69, 9.17) is 0 Å². The molecule has 2 aliphatic rings. The number of pyridine rings is 1. The van der Waals surface area contributed by atoms with Gasteiger partial charge in [0.2, 0.25) is 5.91 Å². The molecule has 2 atom stereocenters. The quantitative estimate of drug-likeness (QED) is 0.508. The fourth-order valence-electron chi connectivity index (χ4n) is 3.02. The van der Waals surface area contributed by atoms with Crippen LogP contribution in [0.1, 0.15) is 25.5 Å². The number of β-lactam (4-membered cyclic amide) rings is 1. The topological polar surface area (TPSA) is 93.6 Å². The molecule has 1 fully saturated rings. The Morgan fingerprint density at radius 2 is 2.30 bits per heavy atom. The van der Waals surface area contributed by atoms with Crippen molar-refractivity contribution in [1.29, 1.82) is 0 Å². The smallest absolute Gasteiger partial charge is 0.871 e. The number of amides is 1. The first-order valence-corrected chi connectivity index (χ1v) is 8.06. The van der Waals surface area contributed by atoms with Crippen LogP contribution < -0.4 is 34.7 Å². The Morgan fingerprint density at radius 1 is 1.57 bits per heavy atom. The molecule has 1 saturated heterocycles. The van der Waals surface area contributed by atoms with Crippen molar-refractivity contribution in [3.63, 3.8) is 0 Å². The number of aliphatic carboxylic acids is 1. The molecule has 1 aromatic rings.